The number of carbonyl (C=O) groups is 1. The highest BCUT2D eigenvalue weighted by Crippen LogP contribution is 2.29. The lowest BCUT2D eigenvalue weighted by Gasteiger charge is -2.19. The van der Waals surface area contributed by atoms with E-state index in [1.807, 2.05) is 6.92 Å². The van der Waals surface area contributed by atoms with Gasteiger partial charge in [-0.2, -0.15) is 0 Å². The molecule has 6 heteroatoms. The molecule has 2 aromatic rings. The minimum atomic E-state index is -0.635. The van der Waals surface area contributed by atoms with Gasteiger partial charge in [0.25, 0.3) is 5.91 Å². The largest absolute Gasteiger partial charge is 0.497 e. The number of methoxy groups -OCH3 is 3. The molecular formula is C19H23NO5. The van der Waals surface area contributed by atoms with Crippen molar-refractivity contribution < 1.29 is 23.7 Å². The molecule has 0 aromatic heterocycles. The minimum Gasteiger partial charge on any atom is -0.497 e. The van der Waals surface area contributed by atoms with Gasteiger partial charge in [0.1, 0.15) is 23.0 Å². The van der Waals surface area contributed by atoms with Crippen LogP contribution in [-0.2, 0) is 4.79 Å². The van der Waals surface area contributed by atoms with Crippen molar-refractivity contribution >= 4 is 11.6 Å². The number of rotatable bonds is 8. The number of anilines is 1. The molecule has 0 fully saturated rings. The second-order valence-electron chi connectivity index (χ2n) is 5.25. The molecule has 0 saturated heterocycles. The summed E-state index contributed by atoms with van der Waals surface area (Å²) in [6.45, 7) is 1.89. The van der Waals surface area contributed by atoms with E-state index in [-0.39, 0.29) is 5.91 Å². The maximum absolute atomic E-state index is 12.6. The molecular weight excluding hydrogens is 322 g/mol. The number of hydrogen-bond acceptors (Lipinski definition) is 5. The van der Waals surface area contributed by atoms with Crippen LogP contribution in [0.15, 0.2) is 42.5 Å². The number of carbonyl (C=O) groups excluding carboxylic acids is 1. The predicted octanol–water partition coefficient (Wildman–Crippen LogP) is 3.51. The molecule has 0 bridgehead atoms. The predicted molar refractivity (Wildman–Crippen MR) is 95.9 cm³/mol. The van der Waals surface area contributed by atoms with Gasteiger partial charge < -0.3 is 24.3 Å². The Morgan fingerprint density at radius 2 is 1.52 bits per heavy atom. The lowest BCUT2D eigenvalue weighted by atomic mass is 10.2. The third-order valence-electron chi connectivity index (χ3n) is 3.67. The van der Waals surface area contributed by atoms with E-state index in [1.54, 1.807) is 63.8 Å². The van der Waals surface area contributed by atoms with Crippen LogP contribution >= 0.6 is 0 Å². The fourth-order valence-corrected chi connectivity index (χ4v) is 2.27. The van der Waals surface area contributed by atoms with Crippen molar-refractivity contribution in [2.45, 2.75) is 19.4 Å². The molecule has 1 unspecified atom stereocenters. The molecule has 0 aliphatic heterocycles. The zero-order valence-electron chi connectivity index (χ0n) is 14.9. The summed E-state index contributed by atoms with van der Waals surface area (Å²) in [7, 11) is 4.71. The van der Waals surface area contributed by atoms with Crippen molar-refractivity contribution in [1.82, 2.24) is 0 Å². The first-order chi connectivity index (χ1) is 12.1. The van der Waals surface area contributed by atoms with Crippen molar-refractivity contribution in [3.8, 4) is 23.0 Å². The Kier molecular flexibility index (Phi) is 6.51. The molecule has 0 heterocycles. The van der Waals surface area contributed by atoms with Crippen molar-refractivity contribution in [1.29, 1.82) is 0 Å². The molecule has 0 radical (unpaired) electrons. The van der Waals surface area contributed by atoms with E-state index in [0.717, 1.165) is 5.75 Å². The van der Waals surface area contributed by atoms with E-state index in [9.17, 15) is 4.79 Å². The highest BCUT2D eigenvalue weighted by Gasteiger charge is 2.20. The van der Waals surface area contributed by atoms with Gasteiger partial charge in [-0.3, -0.25) is 4.79 Å². The second kappa shape index (κ2) is 8.82. The maximum atomic E-state index is 12.6. The van der Waals surface area contributed by atoms with Gasteiger partial charge in [0, 0.05) is 6.07 Å². The molecule has 134 valence electrons. The van der Waals surface area contributed by atoms with Gasteiger partial charge in [0.15, 0.2) is 6.10 Å². The maximum Gasteiger partial charge on any atom is 0.265 e. The van der Waals surface area contributed by atoms with Crippen LogP contribution in [0, 0.1) is 0 Å². The van der Waals surface area contributed by atoms with E-state index in [1.165, 1.54) is 0 Å². The van der Waals surface area contributed by atoms with Crippen LogP contribution in [0.3, 0.4) is 0 Å². The average molecular weight is 345 g/mol. The third-order valence-corrected chi connectivity index (χ3v) is 3.67. The van der Waals surface area contributed by atoms with Crippen LogP contribution in [0.2, 0.25) is 0 Å². The van der Waals surface area contributed by atoms with Crippen molar-refractivity contribution in [2.75, 3.05) is 26.6 Å². The van der Waals surface area contributed by atoms with E-state index >= 15 is 0 Å². The van der Waals surface area contributed by atoms with E-state index in [4.69, 9.17) is 18.9 Å². The Labute approximate surface area is 147 Å². The van der Waals surface area contributed by atoms with Gasteiger partial charge in [0.05, 0.1) is 27.0 Å². The van der Waals surface area contributed by atoms with Crippen molar-refractivity contribution in [3.05, 3.63) is 42.5 Å². The zero-order valence-corrected chi connectivity index (χ0v) is 14.9. The van der Waals surface area contributed by atoms with E-state index in [0.29, 0.717) is 29.4 Å². The summed E-state index contributed by atoms with van der Waals surface area (Å²) in [4.78, 5) is 12.6. The highest BCUT2D eigenvalue weighted by atomic mass is 16.5. The monoisotopic (exact) mass is 345 g/mol. The molecule has 0 spiro atoms. The standard InChI is InChI=1S/C19H23NO5/c1-5-17(25-14-8-6-13(22-2)7-9-14)19(21)20-16-12-15(23-3)10-11-18(16)24-4/h6-12,17H,5H2,1-4H3,(H,20,21). The SMILES string of the molecule is CCC(Oc1ccc(OC)cc1)C(=O)Nc1cc(OC)ccc1OC. The van der Waals surface area contributed by atoms with Crippen LogP contribution in [-0.4, -0.2) is 33.3 Å². The molecule has 1 N–H and O–H groups in total. The van der Waals surface area contributed by atoms with E-state index in [2.05, 4.69) is 5.32 Å². The zero-order chi connectivity index (χ0) is 18.2. The summed E-state index contributed by atoms with van der Waals surface area (Å²) in [5.41, 5.74) is 0.531. The summed E-state index contributed by atoms with van der Waals surface area (Å²) in [5, 5.41) is 2.84. The molecule has 1 amide bonds. The van der Waals surface area contributed by atoms with Crippen LogP contribution in [0.5, 0.6) is 23.0 Å². The summed E-state index contributed by atoms with van der Waals surface area (Å²) in [5.74, 6) is 2.24. The third kappa shape index (κ3) is 4.79. The molecule has 25 heavy (non-hydrogen) atoms. The lowest BCUT2D eigenvalue weighted by Crippen LogP contribution is -2.32. The molecule has 0 aliphatic carbocycles. The molecule has 0 saturated carbocycles. The summed E-state index contributed by atoms with van der Waals surface area (Å²) < 4.78 is 21.4. The lowest BCUT2D eigenvalue weighted by molar-refractivity contribution is -0.122. The number of benzene rings is 2. The average Bonchev–Trinajstić information content (AvgIpc) is 2.66. The van der Waals surface area contributed by atoms with Gasteiger partial charge in [0.2, 0.25) is 0 Å². The first-order valence-corrected chi connectivity index (χ1v) is 7.94. The Bertz CT molecular complexity index is 699. The smallest absolute Gasteiger partial charge is 0.265 e. The van der Waals surface area contributed by atoms with Crippen LogP contribution < -0.4 is 24.3 Å². The van der Waals surface area contributed by atoms with E-state index < -0.39 is 6.10 Å². The molecule has 2 aromatic carbocycles. The summed E-state index contributed by atoms with van der Waals surface area (Å²) in [6, 6.07) is 12.3. The first kappa shape index (κ1) is 18.4. The molecule has 0 aliphatic rings. The Hall–Kier alpha value is -2.89. The molecule has 1 atom stereocenters. The van der Waals surface area contributed by atoms with Crippen LogP contribution in [0.1, 0.15) is 13.3 Å². The highest BCUT2D eigenvalue weighted by molar-refractivity contribution is 5.95. The second-order valence-corrected chi connectivity index (χ2v) is 5.25. The van der Waals surface area contributed by atoms with Crippen LogP contribution in [0.25, 0.3) is 0 Å². The van der Waals surface area contributed by atoms with Crippen LogP contribution in [0.4, 0.5) is 5.69 Å². The first-order valence-electron chi connectivity index (χ1n) is 7.94. The fraction of sp³-hybridized carbons (Fsp3) is 0.316. The van der Waals surface area contributed by atoms with Gasteiger partial charge in [-0.15, -0.1) is 0 Å². The van der Waals surface area contributed by atoms with Crippen molar-refractivity contribution in [2.24, 2.45) is 0 Å². The number of hydrogen-bond donors (Lipinski definition) is 1. The van der Waals surface area contributed by atoms with Gasteiger partial charge in [-0.1, -0.05) is 6.92 Å². The summed E-state index contributed by atoms with van der Waals surface area (Å²) in [6.07, 6.45) is -0.117. The van der Waals surface area contributed by atoms with Gasteiger partial charge in [-0.05, 0) is 42.8 Å². The minimum absolute atomic E-state index is 0.259. The topological polar surface area (TPSA) is 66.0 Å². The number of ether oxygens (including phenoxy) is 4. The fourth-order valence-electron chi connectivity index (χ4n) is 2.27. The Balaban J connectivity index is 2.11. The molecule has 2 rings (SSSR count). The Morgan fingerprint density at radius 3 is 2.08 bits per heavy atom. The van der Waals surface area contributed by atoms with Crippen molar-refractivity contribution in [3.63, 3.8) is 0 Å². The normalized spacial score (nSPS) is 11.4. The number of nitrogens with one attached hydrogen (secondary N) is 1. The number of amides is 1. The molecule has 6 nitrogen and oxygen atoms in total. The Morgan fingerprint density at radius 1 is 0.920 bits per heavy atom. The van der Waals surface area contributed by atoms with Gasteiger partial charge >= 0.3 is 0 Å². The quantitative estimate of drug-likeness (QED) is 0.793. The summed E-state index contributed by atoms with van der Waals surface area (Å²) >= 11 is 0. The van der Waals surface area contributed by atoms with Gasteiger partial charge in [-0.25, -0.2) is 0 Å².